The monoisotopic (exact) mass is 257 g/mol. The molecule has 7 nitrogen and oxygen atoms in total. The summed E-state index contributed by atoms with van der Waals surface area (Å²) in [4.78, 5) is 15.3. The molecule has 0 saturated carbocycles. The molecule has 2 N–H and O–H groups in total. The largest absolute Gasteiger partial charge is 0.444 e. The van der Waals surface area contributed by atoms with Gasteiger partial charge in [0.05, 0.1) is 0 Å². The van der Waals surface area contributed by atoms with E-state index in [2.05, 4.69) is 15.5 Å². The molecule has 1 aromatic rings. The third-order valence-electron chi connectivity index (χ3n) is 1.86. The van der Waals surface area contributed by atoms with Gasteiger partial charge in [0.15, 0.2) is 5.82 Å². The van der Waals surface area contributed by atoms with E-state index in [1.54, 1.807) is 20.8 Å². The van der Waals surface area contributed by atoms with Crippen molar-refractivity contribution in [2.45, 2.75) is 45.8 Å². The first-order valence-corrected chi connectivity index (χ1v) is 5.75. The van der Waals surface area contributed by atoms with Crippen LogP contribution in [0.5, 0.6) is 0 Å². The number of ether oxygens (including phenoxy) is 1. The third kappa shape index (κ3) is 5.13. The highest BCUT2D eigenvalue weighted by Crippen LogP contribution is 2.08. The molecule has 18 heavy (non-hydrogen) atoms. The highest BCUT2D eigenvalue weighted by molar-refractivity contribution is 5.67. The van der Waals surface area contributed by atoms with Crippen LogP contribution in [0.2, 0.25) is 0 Å². The second-order valence-electron chi connectivity index (χ2n) is 4.90. The van der Waals surface area contributed by atoms with Gasteiger partial charge in [-0.25, -0.2) is 4.79 Å². The molecular formula is C11H19N3O4. The van der Waals surface area contributed by atoms with Gasteiger partial charge in [-0.1, -0.05) is 5.16 Å². The Morgan fingerprint density at radius 3 is 2.72 bits per heavy atom. The Hall–Kier alpha value is -1.63. The number of rotatable bonds is 4. The van der Waals surface area contributed by atoms with Crippen LogP contribution >= 0.6 is 0 Å². The fraction of sp³-hybridized carbons (Fsp3) is 0.727. The van der Waals surface area contributed by atoms with Crippen molar-refractivity contribution in [3.63, 3.8) is 0 Å². The molecule has 0 unspecified atom stereocenters. The number of aliphatic hydroxyl groups is 1. The summed E-state index contributed by atoms with van der Waals surface area (Å²) < 4.78 is 9.87. The summed E-state index contributed by atoms with van der Waals surface area (Å²) in [5.41, 5.74) is -0.518. The van der Waals surface area contributed by atoms with E-state index >= 15 is 0 Å². The van der Waals surface area contributed by atoms with Crippen molar-refractivity contribution in [1.82, 2.24) is 15.5 Å². The first-order valence-electron chi connectivity index (χ1n) is 5.75. The second kappa shape index (κ2) is 5.81. The molecule has 0 aliphatic rings. The van der Waals surface area contributed by atoms with Gasteiger partial charge >= 0.3 is 6.09 Å². The van der Waals surface area contributed by atoms with Crippen molar-refractivity contribution in [3.8, 4) is 0 Å². The molecule has 0 radical (unpaired) electrons. The Kier molecular flexibility index (Phi) is 4.66. The van der Waals surface area contributed by atoms with Crippen LogP contribution in [0.25, 0.3) is 0 Å². The average molecular weight is 257 g/mol. The summed E-state index contributed by atoms with van der Waals surface area (Å²) in [5.74, 6) is 0.601. The summed E-state index contributed by atoms with van der Waals surface area (Å²) in [6, 6.07) is 0. The van der Waals surface area contributed by atoms with E-state index in [9.17, 15) is 9.90 Å². The SMILES string of the molecule is C[C@H](O)c1nc(CCNC(=O)OC(C)(C)C)no1. The van der Waals surface area contributed by atoms with Gasteiger partial charge in [-0.2, -0.15) is 4.98 Å². The maximum Gasteiger partial charge on any atom is 0.407 e. The van der Waals surface area contributed by atoms with Crippen molar-refractivity contribution >= 4 is 6.09 Å². The number of hydrogen-bond donors (Lipinski definition) is 2. The van der Waals surface area contributed by atoms with Crippen LogP contribution < -0.4 is 5.32 Å². The van der Waals surface area contributed by atoms with Crippen molar-refractivity contribution < 1.29 is 19.2 Å². The van der Waals surface area contributed by atoms with Crippen LogP contribution in [0.4, 0.5) is 4.79 Å². The van der Waals surface area contributed by atoms with Crippen molar-refractivity contribution in [2.75, 3.05) is 6.54 Å². The zero-order valence-electron chi connectivity index (χ0n) is 11.1. The molecule has 1 atom stereocenters. The summed E-state index contributed by atoms with van der Waals surface area (Å²) in [5, 5.41) is 15.4. The normalized spacial score (nSPS) is 13.2. The molecular weight excluding hydrogens is 238 g/mol. The van der Waals surface area contributed by atoms with Gasteiger partial charge in [0, 0.05) is 13.0 Å². The Morgan fingerprint density at radius 1 is 1.56 bits per heavy atom. The van der Waals surface area contributed by atoms with Gasteiger partial charge < -0.3 is 19.7 Å². The molecule has 0 spiro atoms. The molecule has 102 valence electrons. The van der Waals surface area contributed by atoms with Crippen molar-refractivity contribution in [3.05, 3.63) is 11.7 Å². The number of alkyl carbamates (subject to hydrolysis) is 1. The van der Waals surface area contributed by atoms with E-state index in [0.29, 0.717) is 18.8 Å². The predicted octanol–water partition coefficient (Wildman–Crippen LogP) is 1.19. The van der Waals surface area contributed by atoms with Crippen molar-refractivity contribution in [1.29, 1.82) is 0 Å². The first-order chi connectivity index (χ1) is 8.28. The fourth-order valence-corrected chi connectivity index (χ4v) is 1.13. The van der Waals surface area contributed by atoms with E-state index in [1.807, 2.05) is 0 Å². The van der Waals surface area contributed by atoms with Crippen LogP contribution in [0.1, 0.15) is 45.5 Å². The minimum absolute atomic E-state index is 0.169. The lowest BCUT2D eigenvalue weighted by atomic mass is 10.2. The highest BCUT2D eigenvalue weighted by Gasteiger charge is 2.16. The number of nitrogens with one attached hydrogen (secondary N) is 1. The van der Waals surface area contributed by atoms with Gasteiger partial charge in [-0.05, 0) is 27.7 Å². The highest BCUT2D eigenvalue weighted by atomic mass is 16.6. The van der Waals surface area contributed by atoms with Crippen LogP contribution in [-0.4, -0.2) is 33.5 Å². The predicted molar refractivity (Wildman–Crippen MR) is 62.9 cm³/mol. The van der Waals surface area contributed by atoms with Crippen LogP contribution in [-0.2, 0) is 11.2 Å². The number of hydrogen-bond acceptors (Lipinski definition) is 6. The van der Waals surface area contributed by atoms with E-state index in [1.165, 1.54) is 6.92 Å². The Bertz CT molecular complexity index is 395. The van der Waals surface area contributed by atoms with E-state index in [-0.39, 0.29) is 5.89 Å². The number of amides is 1. The first kappa shape index (κ1) is 14.4. The minimum atomic E-state index is -0.787. The quantitative estimate of drug-likeness (QED) is 0.840. The van der Waals surface area contributed by atoms with Gasteiger partial charge in [-0.15, -0.1) is 0 Å². The van der Waals surface area contributed by atoms with Gasteiger partial charge in [0.1, 0.15) is 11.7 Å². The number of aromatic nitrogens is 2. The Labute approximate surface area is 106 Å². The summed E-state index contributed by atoms with van der Waals surface area (Å²) in [6.07, 6.45) is -0.859. The standard InChI is InChI=1S/C11H19N3O4/c1-7(15)9-13-8(14-18-9)5-6-12-10(16)17-11(2,3)4/h7,15H,5-6H2,1-4H3,(H,12,16)/t7-/m0/s1. The number of carbonyl (C=O) groups is 1. The third-order valence-corrected chi connectivity index (χ3v) is 1.86. The molecule has 1 rings (SSSR count). The summed E-state index contributed by atoms with van der Waals surface area (Å²) in [7, 11) is 0. The molecule has 7 heteroatoms. The topological polar surface area (TPSA) is 97.5 Å². The van der Waals surface area contributed by atoms with E-state index < -0.39 is 17.8 Å². The molecule has 1 heterocycles. The van der Waals surface area contributed by atoms with Crippen LogP contribution in [0.3, 0.4) is 0 Å². The lowest BCUT2D eigenvalue weighted by molar-refractivity contribution is 0.0528. The van der Waals surface area contributed by atoms with Crippen LogP contribution in [0.15, 0.2) is 4.52 Å². The summed E-state index contributed by atoms with van der Waals surface area (Å²) in [6.45, 7) is 7.26. The van der Waals surface area contributed by atoms with Gasteiger partial charge in [-0.3, -0.25) is 0 Å². The molecule has 0 saturated heterocycles. The fourth-order valence-electron chi connectivity index (χ4n) is 1.13. The molecule has 0 bridgehead atoms. The molecule has 1 aromatic heterocycles. The molecule has 0 aromatic carbocycles. The Balaban J connectivity index is 2.31. The minimum Gasteiger partial charge on any atom is -0.444 e. The van der Waals surface area contributed by atoms with Gasteiger partial charge in [0.25, 0.3) is 5.89 Å². The number of aliphatic hydroxyl groups excluding tert-OH is 1. The zero-order valence-corrected chi connectivity index (χ0v) is 11.1. The molecule has 0 fully saturated rings. The van der Waals surface area contributed by atoms with Crippen LogP contribution in [0, 0.1) is 0 Å². The average Bonchev–Trinajstić information content (AvgIpc) is 2.63. The molecule has 1 amide bonds. The summed E-state index contributed by atoms with van der Waals surface area (Å²) >= 11 is 0. The molecule has 0 aliphatic carbocycles. The lowest BCUT2D eigenvalue weighted by Crippen LogP contribution is -2.33. The van der Waals surface area contributed by atoms with E-state index in [4.69, 9.17) is 9.26 Å². The number of nitrogens with zero attached hydrogens (tertiary/aromatic N) is 2. The second-order valence-corrected chi connectivity index (χ2v) is 4.90. The van der Waals surface area contributed by atoms with E-state index in [0.717, 1.165) is 0 Å². The van der Waals surface area contributed by atoms with Gasteiger partial charge in [0.2, 0.25) is 0 Å². The van der Waals surface area contributed by atoms with Crippen molar-refractivity contribution in [2.24, 2.45) is 0 Å². The maximum atomic E-state index is 11.3. The Morgan fingerprint density at radius 2 is 2.22 bits per heavy atom. The molecule has 0 aliphatic heterocycles. The smallest absolute Gasteiger partial charge is 0.407 e. The number of carbonyl (C=O) groups excluding carboxylic acids is 1. The lowest BCUT2D eigenvalue weighted by Gasteiger charge is -2.19. The zero-order chi connectivity index (χ0) is 13.8. The maximum absolute atomic E-state index is 11.3.